The Balaban J connectivity index is 1.55. The van der Waals surface area contributed by atoms with Gasteiger partial charge in [-0.15, -0.1) is 0 Å². The number of carbonyl (C=O) groups excluding carboxylic acids is 4. The molecule has 4 rings (SSSR count). The van der Waals surface area contributed by atoms with Crippen LogP contribution in [0.25, 0.3) is 0 Å². The molecule has 3 heterocycles. The third-order valence-corrected chi connectivity index (χ3v) is 6.81. The van der Waals surface area contributed by atoms with Crippen LogP contribution in [-0.2, 0) is 19.2 Å². The summed E-state index contributed by atoms with van der Waals surface area (Å²) in [5.41, 5.74) is -1.55. The van der Waals surface area contributed by atoms with Crippen LogP contribution in [0.15, 0.2) is 18.3 Å². The summed E-state index contributed by atoms with van der Waals surface area (Å²) in [4.78, 5) is 57.1. The molecule has 14 heteroatoms. The van der Waals surface area contributed by atoms with E-state index < -0.39 is 53.5 Å². The number of nitrogens with zero attached hydrogens (tertiary/aromatic N) is 4. The van der Waals surface area contributed by atoms with E-state index in [1.54, 1.807) is 17.4 Å². The zero-order chi connectivity index (χ0) is 27.1. The number of pyridine rings is 1. The lowest BCUT2D eigenvalue weighted by Gasteiger charge is -2.35. The molecule has 1 saturated carbocycles. The first-order valence-electron chi connectivity index (χ1n) is 11.7. The van der Waals surface area contributed by atoms with E-state index in [-0.39, 0.29) is 36.9 Å². The number of likely N-dealkylation sites (N-methyl/N-ethyl adjacent to an activating group) is 1. The van der Waals surface area contributed by atoms with Gasteiger partial charge in [-0.2, -0.15) is 18.4 Å². The van der Waals surface area contributed by atoms with Gasteiger partial charge in [0.1, 0.15) is 18.1 Å². The van der Waals surface area contributed by atoms with Gasteiger partial charge in [-0.1, -0.05) is 12.8 Å². The van der Waals surface area contributed by atoms with Crippen molar-refractivity contribution in [3.63, 3.8) is 0 Å². The Labute approximate surface area is 209 Å². The molecule has 0 unspecified atom stereocenters. The summed E-state index contributed by atoms with van der Waals surface area (Å²) in [6.07, 6.45) is -1.98. The van der Waals surface area contributed by atoms with Crippen LogP contribution in [0.3, 0.4) is 0 Å². The average Bonchev–Trinajstić information content (AvgIpc) is 3.60. The van der Waals surface area contributed by atoms with E-state index in [0.29, 0.717) is 0 Å². The van der Waals surface area contributed by atoms with Gasteiger partial charge in [0.25, 0.3) is 5.91 Å². The number of anilines is 1. The number of rotatable bonds is 6. The van der Waals surface area contributed by atoms with Gasteiger partial charge in [0.2, 0.25) is 17.4 Å². The van der Waals surface area contributed by atoms with Gasteiger partial charge in [-0.05, 0) is 31.4 Å². The number of nitriles is 1. The van der Waals surface area contributed by atoms with Crippen molar-refractivity contribution in [3.05, 3.63) is 18.3 Å². The van der Waals surface area contributed by atoms with Crippen LogP contribution in [0.2, 0.25) is 0 Å². The number of nitrogens with one attached hydrogen (secondary N) is 2. The summed E-state index contributed by atoms with van der Waals surface area (Å²) in [5, 5.41) is 14.0. The van der Waals surface area contributed by atoms with Crippen molar-refractivity contribution < 1.29 is 37.1 Å². The molecular weight excluding hydrogens is 497 g/mol. The van der Waals surface area contributed by atoms with Crippen LogP contribution in [0, 0.1) is 17.2 Å². The molecule has 1 aromatic rings. The molecule has 2 aliphatic heterocycles. The Bertz CT molecular complexity index is 1170. The third kappa shape index (κ3) is 5.16. The van der Waals surface area contributed by atoms with Crippen LogP contribution in [0.1, 0.15) is 32.6 Å². The number of amides is 4. The van der Waals surface area contributed by atoms with Gasteiger partial charge in [0.05, 0.1) is 12.6 Å². The van der Waals surface area contributed by atoms with E-state index in [1.807, 2.05) is 6.07 Å². The summed E-state index contributed by atoms with van der Waals surface area (Å²) in [5.74, 6) is -3.76. The molecule has 4 atom stereocenters. The monoisotopic (exact) mass is 522 g/mol. The molecule has 4 amide bonds. The molecule has 2 N–H and O–H groups in total. The minimum atomic E-state index is -5.17. The Kier molecular flexibility index (Phi) is 6.74. The highest BCUT2D eigenvalue weighted by Gasteiger charge is 2.56. The molecular formula is C23H25F3N6O5. The van der Waals surface area contributed by atoms with Gasteiger partial charge in [0.15, 0.2) is 11.6 Å². The summed E-state index contributed by atoms with van der Waals surface area (Å²) < 4.78 is 43.9. The fraction of sp³-hybridized carbons (Fsp3) is 0.565. The number of halogens is 3. The van der Waals surface area contributed by atoms with Gasteiger partial charge in [0, 0.05) is 19.7 Å². The van der Waals surface area contributed by atoms with Crippen LogP contribution >= 0.6 is 0 Å². The van der Waals surface area contributed by atoms with E-state index in [0.717, 1.165) is 24.7 Å². The minimum Gasteiger partial charge on any atom is -0.472 e. The molecule has 11 nitrogen and oxygen atoms in total. The standard InChI is InChI=1S/C23H25F3N6O5/c1-12(29-21(36)23(24,25)26)18(33)31(2)15(8-13-5-6-13)19(34)32-11-22(9-14(32)10-27)20(35)30-17-16(37-22)4-3-7-28-17/h3-4,7,12-15H,5-6,8-9,11H2,1-2H3,(H,29,36)(H,28,30,35)/t12-,14-,15-,22+/m0/s1. The first-order valence-corrected chi connectivity index (χ1v) is 11.7. The summed E-state index contributed by atoms with van der Waals surface area (Å²) in [7, 11) is 1.27. The van der Waals surface area contributed by atoms with E-state index in [9.17, 15) is 37.6 Å². The number of aromatic nitrogens is 1. The number of carbonyl (C=O) groups is 4. The Morgan fingerprint density at radius 2 is 2.11 bits per heavy atom. The second-order valence-electron chi connectivity index (χ2n) is 9.55. The maximum absolute atomic E-state index is 13.7. The molecule has 0 aromatic carbocycles. The zero-order valence-corrected chi connectivity index (χ0v) is 20.0. The number of ether oxygens (including phenoxy) is 1. The lowest BCUT2D eigenvalue weighted by atomic mass is 9.97. The Hall–Kier alpha value is -3.89. The van der Waals surface area contributed by atoms with Crippen LogP contribution in [0.4, 0.5) is 19.0 Å². The zero-order valence-electron chi connectivity index (χ0n) is 20.0. The average molecular weight is 522 g/mol. The third-order valence-electron chi connectivity index (χ3n) is 6.81. The van der Waals surface area contributed by atoms with E-state index in [4.69, 9.17) is 4.74 Å². The van der Waals surface area contributed by atoms with Crippen molar-refractivity contribution in [2.45, 2.75) is 62.5 Å². The number of alkyl halides is 3. The Morgan fingerprint density at radius 1 is 1.41 bits per heavy atom. The van der Waals surface area contributed by atoms with Crippen LogP contribution < -0.4 is 15.4 Å². The van der Waals surface area contributed by atoms with Crippen molar-refractivity contribution in [1.29, 1.82) is 5.26 Å². The molecule has 2 fully saturated rings. The highest BCUT2D eigenvalue weighted by Crippen LogP contribution is 2.40. The molecule has 37 heavy (non-hydrogen) atoms. The van der Waals surface area contributed by atoms with Crippen molar-refractivity contribution in [1.82, 2.24) is 20.1 Å². The fourth-order valence-electron chi connectivity index (χ4n) is 4.59. The summed E-state index contributed by atoms with van der Waals surface area (Å²) >= 11 is 0. The van der Waals surface area contributed by atoms with Crippen molar-refractivity contribution in [2.75, 3.05) is 18.9 Å². The van der Waals surface area contributed by atoms with Gasteiger partial charge in [-0.3, -0.25) is 19.2 Å². The van der Waals surface area contributed by atoms with Crippen LogP contribution in [-0.4, -0.2) is 81.9 Å². The van der Waals surface area contributed by atoms with Gasteiger partial charge < -0.3 is 25.2 Å². The summed E-state index contributed by atoms with van der Waals surface area (Å²) in [6.45, 7) is 0.823. The maximum Gasteiger partial charge on any atom is 0.471 e. The fourth-order valence-corrected chi connectivity index (χ4v) is 4.59. The number of likely N-dealkylation sites (tertiary alicyclic amines) is 1. The SMILES string of the molecule is C[C@H](NC(=O)C(F)(F)F)C(=O)N(C)[C@@H](CC1CC1)C(=O)N1C[C@@]2(C[C@H]1C#N)Oc1cccnc1NC2=O. The molecule has 1 saturated heterocycles. The lowest BCUT2D eigenvalue weighted by Crippen LogP contribution is -2.57. The molecule has 198 valence electrons. The first kappa shape index (κ1) is 26.2. The quantitative estimate of drug-likeness (QED) is 0.566. The summed E-state index contributed by atoms with van der Waals surface area (Å²) in [6, 6.07) is 1.49. The van der Waals surface area contributed by atoms with Crippen molar-refractivity contribution in [2.24, 2.45) is 5.92 Å². The van der Waals surface area contributed by atoms with Crippen molar-refractivity contribution >= 4 is 29.4 Å². The minimum absolute atomic E-state index is 0.119. The predicted molar refractivity (Wildman–Crippen MR) is 120 cm³/mol. The highest BCUT2D eigenvalue weighted by atomic mass is 19.4. The molecule has 1 aromatic heterocycles. The lowest BCUT2D eigenvalue weighted by molar-refractivity contribution is -0.175. The second-order valence-corrected chi connectivity index (χ2v) is 9.55. The second kappa shape index (κ2) is 9.53. The molecule has 1 spiro atoms. The topological polar surface area (TPSA) is 145 Å². The maximum atomic E-state index is 13.7. The smallest absolute Gasteiger partial charge is 0.471 e. The predicted octanol–water partition coefficient (Wildman–Crippen LogP) is 0.970. The van der Waals surface area contributed by atoms with Gasteiger partial charge >= 0.3 is 12.1 Å². The largest absolute Gasteiger partial charge is 0.472 e. The number of hydrogen-bond donors (Lipinski definition) is 2. The molecule has 3 aliphatic rings. The molecule has 1 aliphatic carbocycles. The Morgan fingerprint density at radius 3 is 2.73 bits per heavy atom. The molecule has 0 bridgehead atoms. The van der Waals surface area contributed by atoms with Crippen LogP contribution in [0.5, 0.6) is 5.75 Å². The number of fused-ring (bicyclic) bond motifs is 1. The first-order chi connectivity index (χ1) is 17.4. The molecule has 0 radical (unpaired) electrons. The van der Waals surface area contributed by atoms with Crippen molar-refractivity contribution in [3.8, 4) is 11.8 Å². The van der Waals surface area contributed by atoms with E-state index in [2.05, 4.69) is 10.3 Å². The van der Waals surface area contributed by atoms with E-state index >= 15 is 0 Å². The van der Waals surface area contributed by atoms with Gasteiger partial charge in [-0.25, -0.2) is 4.98 Å². The highest BCUT2D eigenvalue weighted by molar-refractivity contribution is 6.01. The number of hydrogen-bond acceptors (Lipinski definition) is 7. The normalized spacial score (nSPS) is 24.3. The van der Waals surface area contributed by atoms with E-state index in [1.165, 1.54) is 18.1 Å².